The van der Waals surface area contributed by atoms with Crippen LogP contribution in [-0.2, 0) is 36.6 Å². The van der Waals surface area contributed by atoms with Crippen LogP contribution in [0.3, 0.4) is 0 Å². The summed E-state index contributed by atoms with van der Waals surface area (Å²) in [6.45, 7) is 2.21. The van der Waals surface area contributed by atoms with Crippen LogP contribution in [0.5, 0.6) is 11.5 Å². The molecule has 3 aromatic carbocycles. The van der Waals surface area contributed by atoms with Crippen molar-refractivity contribution < 1.29 is 47.2 Å². The lowest BCUT2D eigenvalue weighted by molar-refractivity contribution is -0.150. The SMILES string of the molecule is COC(=O)C1=C(C)NC(COCCN)=C(C(=O)O[C@H](CNC[C@@H](O)[C@@H]2CCc3cc(F)ccc3O2)[C@H]2CCc3cc(F)ccc3O2)C1c1ccccc1Cl. The molecule has 3 heterocycles. The molecule has 0 saturated heterocycles. The van der Waals surface area contributed by atoms with Crippen LogP contribution in [-0.4, -0.2) is 81.4 Å². The summed E-state index contributed by atoms with van der Waals surface area (Å²) in [5, 5.41) is 17.8. The Hall–Kier alpha value is -4.53. The van der Waals surface area contributed by atoms with Gasteiger partial charge in [-0.1, -0.05) is 29.8 Å². The van der Waals surface area contributed by atoms with Gasteiger partial charge in [-0.25, -0.2) is 18.4 Å². The summed E-state index contributed by atoms with van der Waals surface area (Å²) in [7, 11) is 1.25. The Kier molecular flexibility index (Phi) is 12.9. The molecule has 3 aromatic rings. The van der Waals surface area contributed by atoms with Crippen molar-refractivity contribution in [2.45, 2.75) is 62.9 Å². The van der Waals surface area contributed by atoms with Gasteiger partial charge in [0.25, 0.3) is 0 Å². The first-order chi connectivity index (χ1) is 26.1. The molecule has 14 heteroatoms. The van der Waals surface area contributed by atoms with Crippen LogP contribution in [0.4, 0.5) is 8.78 Å². The Balaban J connectivity index is 1.29. The second kappa shape index (κ2) is 17.7. The number of rotatable bonds is 14. The van der Waals surface area contributed by atoms with Crippen molar-refractivity contribution in [3.8, 4) is 11.5 Å². The van der Waals surface area contributed by atoms with Gasteiger partial charge in [0.15, 0.2) is 6.10 Å². The molecule has 11 nitrogen and oxygen atoms in total. The smallest absolute Gasteiger partial charge is 0.337 e. The van der Waals surface area contributed by atoms with Crippen LogP contribution in [0.2, 0.25) is 5.02 Å². The van der Waals surface area contributed by atoms with E-state index in [0.29, 0.717) is 64.7 Å². The number of aryl methyl sites for hydroxylation is 2. The molecular formula is C40H44ClF2N3O8. The van der Waals surface area contributed by atoms with Gasteiger partial charge in [-0.3, -0.25) is 0 Å². The number of hydrogen-bond acceptors (Lipinski definition) is 11. The van der Waals surface area contributed by atoms with Crippen molar-refractivity contribution in [2.75, 3.05) is 40.0 Å². The Morgan fingerprint density at radius 3 is 2.26 bits per heavy atom. The topological polar surface area (TPSA) is 151 Å². The van der Waals surface area contributed by atoms with E-state index < -0.39 is 42.3 Å². The maximum Gasteiger partial charge on any atom is 0.337 e. The summed E-state index contributed by atoms with van der Waals surface area (Å²) >= 11 is 6.72. The first-order valence-corrected chi connectivity index (χ1v) is 18.3. The van der Waals surface area contributed by atoms with E-state index in [2.05, 4.69) is 10.6 Å². The quantitative estimate of drug-likeness (QED) is 0.134. The molecule has 0 bridgehead atoms. The fourth-order valence-corrected chi connectivity index (χ4v) is 7.40. The van der Waals surface area contributed by atoms with Crippen molar-refractivity contribution in [3.05, 3.63) is 117 Å². The molecule has 5 atom stereocenters. The van der Waals surface area contributed by atoms with E-state index in [1.54, 1.807) is 43.3 Å². The number of allylic oxidation sites excluding steroid dienone is 1. The van der Waals surface area contributed by atoms with E-state index >= 15 is 0 Å². The molecule has 6 rings (SSSR count). The first-order valence-electron chi connectivity index (χ1n) is 17.9. The van der Waals surface area contributed by atoms with Gasteiger partial charge in [0.2, 0.25) is 0 Å². The number of esters is 2. The number of benzene rings is 3. The summed E-state index contributed by atoms with van der Waals surface area (Å²) in [6.07, 6.45) is -1.24. The predicted molar refractivity (Wildman–Crippen MR) is 196 cm³/mol. The maximum absolute atomic E-state index is 14.7. The molecule has 1 unspecified atom stereocenters. The second-order valence-electron chi connectivity index (χ2n) is 13.4. The first kappa shape index (κ1) is 39.2. The van der Waals surface area contributed by atoms with Crippen LogP contribution in [0.25, 0.3) is 0 Å². The number of carbonyl (C=O) groups excluding carboxylic acids is 2. The van der Waals surface area contributed by atoms with E-state index in [4.69, 9.17) is 41.0 Å². The third-order valence-electron chi connectivity index (χ3n) is 9.79. The van der Waals surface area contributed by atoms with E-state index in [9.17, 15) is 23.5 Å². The van der Waals surface area contributed by atoms with Gasteiger partial charge in [-0.05, 0) is 91.8 Å². The van der Waals surface area contributed by atoms with Crippen molar-refractivity contribution in [2.24, 2.45) is 5.73 Å². The molecule has 0 aliphatic carbocycles. The average molecular weight is 768 g/mol. The van der Waals surface area contributed by atoms with Crippen LogP contribution in [0.1, 0.15) is 42.4 Å². The van der Waals surface area contributed by atoms with E-state index in [1.807, 2.05) is 0 Å². The Morgan fingerprint density at radius 2 is 1.61 bits per heavy atom. The lowest BCUT2D eigenvalue weighted by Gasteiger charge is -2.35. The molecule has 3 aliphatic rings. The number of hydrogen-bond donors (Lipinski definition) is 4. The van der Waals surface area contributed by atoms with Crippen LogP contribution < -0.4 is 25.8 Å². The van der Waals surface area contributed by atoms with Gasteiger partial charge >= 0.3 is 11.9 Å². The molecule has 0 radical (unpaired) electrons. The molecule has 0 amide bonds. The minimum absolute atomic E-state index is 0.0493. The highest BCUT2D eigenvalue weighted by Gasteiger charge is 2.42. The summed E-state index contributed by atoms with van der Waals surface area (Å²) in [5.41, 5.74) is 8.64. The van der Waals surface area contributed by atoms with E-state index in [0.717, 1.165) is 5.56 Å². The molecule has 3 aliphatic heterocycles. The molecule has 0 fully saturated rings. The van der Waals surface area contributed by atoms with Crippen molar-refractivity contribution >= 4 is 23.5 Å². The monoisotopic (exact) mass is 767 g/mol. The summed E-state index contributed by atoms with van der Waals surface area (Å²) in [6, 6.07) is 15.4. The van der Waals surface area contributed by atoms with Gasteiger partial charge in [0.05, 0.1) is 43.1 Å². The minimum Gasteiger partial charge on any atom is -0.487 e. The van der Waals surface area contributed by atoms with Crippen molar-refractivity contribution in [3.63, 3.8) is 0 Å². The highest BCUT2D eigenvalue weighted by atomic mass is 35.5. The fourth-order valence-electron chi connectivity index (χ4n) is 7.15. The minimum atomic E-state index is -0.998. The highest BCUT2D eigenvalue weighted by molar-refractivity contribution is 6.31. The van der Waals surface area contributed by atoms with Gasteiger partial charge in [-0.2, -0.15) is 0 Å². The van der Waals surface area contributed by atoms with Gasteiger partial charge in [0, 0.05) is 30.4 Å². The summed E-state index contributed by atoms with van der Waals surface area (Å²) in [5.74, 6) is -2.18. The number of aliphatic hydroxyl groups excluding tert-OH is 1. The number of nitrogens with two attached hydrogens (primary N) is 1. The zero-order valence-electron chi connectivity index (χ0n) is 30.0. The molecule has 5 N–H and O–H groups in total. The lowest BCUT2D eigenvalue weighted by atomic mass is 9.80. The number of fused-ring (bicyclic) bond motifs is 2. The fraction of sp³-hybridized carbons (Fsp3) is 0.400. The highest BCUT2D eigenvalue weighted by Crippen LogP contribution is 2.42. The average Bonchev–Trinajstić information content (AvgIpc) is 3.16. The Bertz CT molecular complexity index is 1920. The Labute approximate surface area is 317 Å². The van der Waals surface area contributed by atoms with E-state index in [1.165, 1.54) is 31.4 Å². The third-order valence-corrected chi connectivity index (χ3v) is 10.1. The number of aliphatic hydroxyl groups is 1. The lowest BCUT2D eigenvalue weighted by Crippen LogP contribution is -2.48. The largest absolute Gasteiger partial charge is 0.487 e. The van der Waals surface area contributed by atoms with Crippen LogP contribution >= 0.6 is 11.6 Å². The molecule has 288 valence electrons. The number of dihydropyridines is 1. The van der Waals surface area contributed by atoms with Crippen LogP contribution in [0, 0.1) is 11.6 Å². The third kappa shape index (κ3) is 8.88. The molecule has 0 aromatic heterocycles. The molecule has 0 saturated carbocycles. The second-order valence-corrected chi connectivity index (χ2v) is 13.8. The van der Waals surface area contributed by atoms with E-state index in [-0.39, 0.29) is 55.6 Å². The van der Waals surface area contributed by atoms with Crippen LogP contribution in [0.15, 0.2) is 83.2 Å². The van der Waals surface area contributed by atoms with Crippen molar-refractivity contribution in [1.82, 2.24) is 10.6 Å². The number of ether oxygens (including phenoxy) is 5. The zero-order valence-corrected chi connectivity index (χ0v) is 30.8. The Morgan fingerprint density at radius 1 is 0.963 bits per heavy atom. The normalized spacial score (nSPS) is 20.5. The standard InChI is InChI=1S/C40H44ClF2N3O8/c1-22-36(39(48)50-2)37(27-5-3-4-6-28(27)41)38(29(46-22)21-51-16-15-44)40(49)54-35(34-12-8-24-18-26(43)10-14-32(24)53-34)20-45-19-30(47)33-11-7-23-17-25(42)9-13-31(23)52-33/h3-6,9-10,13-14,17-18,30,33-35,37,45-47H,7-8,11-12,15-16,19-21,44H2,1-2H3/t30-,33+,34-,35-,37?/m1/s1. The van der Waals surface area contributed by atoms with Gasteiger partial charge < -0.3 is 45.2 Å². The molecule has 54 heavy (non-hydrogen) atoms. The number of nitrogens with one attached hydrogen (secondary N) is 2. The van der Waals surface area contributed by atoms with Gasteiger partial charge in [-0.15, -0.1) is 0 Å². The molecule has 0 spiro atoms. The van der Waals surface area contributed by atoms with Gasteiger partial charge in [0.1, 0.15) is 41.4 Å². The predicted octanol–water partition coefficient (Wildman–Crippen LogP) is 4.63. The summed E-state index contributed by atoms with van der Waals surface area (Å²) < 4.78 is 57.4. The molecular weight excluding hydrogens is 724 g/mol. The summed E-state index contributed by atoms with van der Waals surface area (Å²) in [4.78, 5) is 28.0. The maximum atomic E-state index is 14.7. The number of methoxy groups -OCH3 is 1. The number of carbonyl (C=O) groups is 2. The zero-order chi connectivity index (χ0) is 38.4. The van der Waals surface area contributed by atoms with Crippen molar-refractivity contribution in [1.29, 1.82) is 0 Å². The number of halogens is 3.